The molecule has 4 saturated carbocycles. The Morgan fingerprint density at radius 1 is 1.05 bits per heavy atom. The molecule has 0 radical (unpaired) electrons. The number of hydrogen-bond acceptors (Lipinski definition) is 3. The van der Waals surface area contributed by atoms with Gasteiger partial charge in [-0.3, -0.25) is 0 Å². The Hall–Kier alpha value is -0.380. The highest BCUT2D eigenvalue weighted by atomic mass is 32.2. The van der Waals surface area contributed by atoms with Crippen LogP contribution in [-0.4, -0.2) is 5.54 Å². The molecule has 6 rings (SSSR count). The van der Waals surface area contributed by atoms with Crippen LogP contribution >= 0.6 is 22.7 Å². The van der Waals surface area contributed by atoms with Gasteiger partial charge in [-0.15, -0.1) is 22.7 Å². The van der Waals surface area contributed by atoms with Crippen molar-refractivity contribution in [2.75, 3.05) is 0 Å². The van der Waals surface area contributed by atoms with Gasteiger partial charge in [0.05, 0.1) is 4.01 Å². The predicted octanol–water partition coefficient (Wildman–Crippen LogP) is 5.33. The molecule has 4 fully saturated rings. The molecule has 4 bridgehead atoms. The van der Waals surface area contributed by atoms with E-state index >= 15 is 0 Å². The Labute approximate surface area is 134 Å². The third-order valence-corrected chi connectivity index (χ3v) is 8.37. The van der Waals surface area contributed by atoms with Crippen molar-refractivity contribution in [3.63, 3.8) is 0 Å². The lowest BCUT2D eigenvalue weighted by atomic mass is 9.53. The zero-order valence-corrected chi connectivity index (χ0v) is 14.3. The molecular formula is C18H23NS2. The van der Waals surface area contributed by atoms with Gasteiger partial charge in [-0.1, -0.05) is 0 Å². The number of aryl methyl sites for hydroxylation is 1. The summed E-state index contributed by atoms with van der Waals surface area (Å²) in [6.45, 7) is 3.31. The standard InChI is InChI=1S/C18H23NS2/c1-11-2-15-6-16(21-17(15)20-11)10-19-18-7-12-3-13(8-18)5-14(4-12)9-18/h2,6,12-14,19H,3-5,7-10H2,1H3. The average molecular weight is 318 g/mol. The van der Waals surface area contributed by atoms with E-state index in [0.29, 0.717) is 5.54 Å². The molecule has 0 amide bonds. The number of rotatable bonds is 3. The van der Waals surface area contributed by atoms with E-state index in [-0.39, 0.29) is 0 Å². The third-order valence-electron chi connectivity index (χ3n) is 6.06. The molecule has 2 aromatic heterocycles. The molecule has 1 N–H and O–H groups in total. The Kier molecular flexibility index (Phi) is 2.84. The van der Waals surface area contributed by atoms with Gasteiger partial charge in [0.25, 0.3) is 0 Å². The highest BCUT2D eigenvalue weighted by Crippen LogP contribution is 2.55. The van der Waals surface area contributed by atoms with Gasteiger partial charge < -0.3 is 5.32 Å². The van der Waals surface area contributed by atoms with Gasteiger partial charge in [-0.05, 0) is 75.3 Å². The van der Waals surface area contributed by atoms with E-state index in [4.69, 9.17) is 0 Å². The first-order valence-electron chi connectivity index (χ1n) is 8.41. The smallest absolute Gasteiger partial charge is 0.0871 e. The first kappa shape index (κ1) is 13.1. The zero-order valence-electron chi connectivity index (χ0n) is 12.7. The molecule has 0 aliphatic heterocycles. The zero-order chi connectivity index (χ0) is 14.0. The maximum atomic E-state index is 4.02. The molecule has 0 saturated heterocycles. The van der Waals surface area contributed by atoms with Crippen molar-refractivity contribution in [2.24, 2.45) is 17.8 Å². The van der Waals surface area contributed by atoms with Gasteiger partial charge in [0.2, 0.25) is 0 Å². The Morgan fingerprint density at radius 2 is 1.71 bits per heavy atom. The lowest BCUT2D eigenvalue weighted by Gasteiger charge is -2.57. The summed E-state index contributed by atoms with van der Waals surface area (Å²) in [4.78, 5) is 2.98. The fourth-order valence-electron chi connectivity index (χ4n) is 5.70. The van der Waals surface area contributed by atoms with E-state index in [0.717, 1.165) is 24.3 Å². The molecule has 1 nitrogen and oxygen atoms in total. The summed E-state index contributed by atoms with van der Waals surface area (Å²) >= 11 is 3.95. The minimum Gasteiger partial charge on any atom is -0.306 e. The molecule has 3 heteroatoms. The van der Waals surface area contributed by atoms with Gasteiger partial charge in [0.15, 0.2) is 0 Å². The van der Waals surface area contributed by atoms with Gasteiger partial charge in [0.1, 0.15) is 0 Å². The lowest BCUT2D eigenvalue weighted by Crippen LogP contribution is -2.58. The number of thiophene rings is 2. The largest absolute Gasteiger partial charge is 0.306 e. The Morgan fingerprint density at radius 3 is 2.33 bits per heavy atom. The third kappa shape index (κ3) is 2.20. The maximum absolute atomic E-state index is 4.02. The molecule has 112 valence electrons. The van der Waals surface area contributed by atoms with Gasteiger partial charge in [-0.25, -0.2) is 0 Å². The van der Waals surface area contributed by atoms with E-state index in [1.165, 1.54) is 57.7 Å². The normalized spacial score (nSPS) is 37.7. The monoisotopic (exact) mass is 317 g/mol. The fraction of sp³-hybridized carbons (Fsp3) is 0.667. The number of nitrogens with one attached hydrogen (secondary N) is 1. The molecule has 0 unspecified atom stereocenters. The summed E-state index contributed by atoms with van der Waals surface area (Å²) in [5.74, 6) is 3.12. The molecule has 4 aliphatic rings. The van der Waals surface area contributed by atoms with Crippen LogP contribution in [0.25, 0.3) is 9.40 Å². The maximum Gasteiger partial charge on any atom is 0.0871 e. The minimum absolute atomic E-state index is 0.502. The van der Waals surface area contributed by atoms with Crippen LogP contribution in [0.1, 0.15) is 48.3 Å². The fourth-order valence-corrected chi connectivity index (χ4v) is 8.10. The van der Waals surface area contributed by atoms with Crippen LogP contribution in [-0.2, 0) is 6.54 Å². The van der Waals surface area contributed by atoms with Crippen LogP contribution in [0.15, 0.2) is 12.1 Å². The molecule has 0 atom stereocenters. The van der Waals surface area contributed by atoms with Crippen molar-refractivity contribution in [2.45, 2.75) is 57.5 Å². The summed E-state index contributed by atoms with van der Waals surface area (Å²) in [5, 5.41) is 5.49. The van der Waals surface area contributed by atoms with Crippen molar-refractivity contribution in [1.29, 1.82) is 0 Å². The topological polar surface area (TPSA) is 12.0 Å². The van der Waals surface area contributed by atoms with Crippen molar-refractivity contribution in [3.05, 3.63) is 21.9 Å². The van der Waals surface area contributed by atoms with E-state index in [1.807, 2.05) is 22.7 Å². The van der Waals surface area contributed by atoms with Crippen LogP contribution < -0.4 is 5.32 Å². The summed E-state index contributed by atoms with van der Waals surface area (Å²) in [5.41, 5.74) is 0.502. The SMILES string of the molecule is Cc1cc2cc(CNC34CC5CC(CC(C5)C3)C4)sc2s1. The molecule has 4 aliphatic carbocycles. The first-order valence-corrected chi connectivity index (χ1v) is 10.0. The van der Waals surface area contributed by atoms with Gasteiger partial charge in [-0.2, -0.15) is 0 Å². The van der Waals surface area contributed by atoms with Crippen LogP contribution in [0, 0.1) is 24.7 Å². The summed E-state index contributed by atoms with van der Waals surface area (Å²) in [6, 6.07) is 4.75. The summed E-state index contributed by atoms with van der Waals surface area (Å²) < 4.78 is 1.51. The highest BCUT2D eigenvalue weighted by Gasteiger charge is 2.50. The second-order valence-electron chi connectivity index (χ2n) is 7.86. The van der Waals surface area contributed by atoms with Crippen LogP contribution in [0.4, 0.5) is 0 Å². The predicted molar refractivity (Wildman–Crippen MR) is 92.2 cm³/mol. The van der Waals surface area contributed by atoms with Gasteiger partial charge in [0, 0.05) is 27.2 Å². The van der Waals surface area contributed by atoms with Crippen molar-refractivity contribution >= 4 is 32.1 Å². The minimum atomic E-state index is 0.502. The highest BCUT2D eigenvalue weighted by molar-refractivity contribution is 7.38. The van der Waals surface area contributed by atoms with Crippen molar-refractivity contribution in [1.82, 2.24) is 5.32 Å². The second kappa shape index (κ2) is 4.56. The number of fused-ring (bicyclic) bond motifs is 1. The molecule has 2 heterocycles. The molecular weight excluding hydrogens is 294 g/mol. The molecule has 2 aromatic rings. The van der Waals surface area contributed by atoms with E-state index in [9.17, 15) is 0 Å². The van der Waals surface area contributed by atoms with E-state index < -0.39 is 0 Å². The van der Waals surface area contributed by atoms with E-state index in [2.05, 4.69) is 24.4 Å². The lowest BCUT2D eigenvalue weighted by molar-refractivity contribution is -0.0204. The molecule has 21 heavy (non-hydrogen) atoms. The molecule has 0 aromatic carbocycles. The van der Waals surface area contributed by atoms with Crippen molar-refractivity contribution in [3.8, 4) is 0 Å². The van der Waals surface area contributed by atoms with Crippen LogP contribution in [0.5, 0.6) is 0 Å². The molecule has 0 spiro atoms. The Balaban J connectivity index is 1.34. The van der Waals surface area contributed by atoms with Crippen LogP contribution in [0.2, 0.25) is 0 Å². The first-order chi connectivity index (χ1) is 10.2. The summed E-state index contributed by atoms with van der Waals surface area (Å²) in [7, 11) is 0. The quantitative estimate of drug-likeness (QED) is 0.807. The second-order valence-corrected chi connectivity index (χ2v) is 10.5. The Bertz CT molecular complexity index is 614. The van der Waals surface area contributed by atoms with Crippen molar-refractivity contribution < 1.29 is 0 Å². The average Bonchev–Trinajstić information content (AvgIpc) is 2.91. The van der Waals surface area contributed by atoms with Crippen LogP contribution in [0.3, 0.4) is 0 Å². The number of hydrogen-bond donors (Lipinski definition) is 1. The summed E-state index contributed by atoms with van der Waals surface area (Å²) in [6.07, 6.45) is 8.98. The van der Waals surface area contributed by atoms with E-state index in [1.54, 1.807) is 0 Å². The van der Waals surface area contributed by atoms with Gasteiger partial charge >= 0.3 is 0 Å².